The van der Waals surface area contributed by atoms with Crippen molar-refractivity contribution in [3.05, 3.63) is 29.6 Å². The van der Waals surface area contributed by atoms with Crippen LogP contribution in [0, 0.1) is 5.82 Å². The number of hydrogen-bond acceptors (Lipinski definition) is 6. The molecule has 0 aliphatic rings. The maximum Gasteiger partial charge on any atom is 0.361 e. The fraction of sp³-hybridized carbons (Fsp3) is 0.333. The van der Waals surface area contributed by atoms with Gasteiger partial charge in [0.15, 0.2) is 12.5 Å². The Kier molecular flexibility index (Phi) is 5.74. The molecule has 0 aliphatic heterocycles. The Morgan fingerprint density at radius 2 is 2.21 bits per heavy atom. The number of rotatable bonds is 6. The van der Waals surface area contributed by atoms with E-state index >= 15 is 0 Å². The number of ether oxygens (including phenoxy) is 3. The molecule has 0 aromatic heterocycles. The van der Waals surface area contributed by atoms with Crippen LogP contribution in [-0.2, 0) is 14.3 Å². The number of hydrogen-bond donors (Lipinski definition) is 1. The summed E-state index contributed by atoms with van der Waals surface area (Å²) in [5.41, 5.74) is -0.453. The zero-order valence-corrected chi connectivity index (χ0v) is 10.6. The first-order valence-corrected chi connectivity index (χ1v) is 5.44. The van der Waals surface area contributed by atoms with Gasteiger partial charge in [-0.15, -0.1) is 0 Å². The maximum absolute atomic E-state index is 13.2. The number of esters is 1. The minimum atomic E-state index is -0.877. The summed E-state index contributed by atoms with van der Waals surface area (Å²) in [6.45, 7) is 1.60. The van der Waals surface area contributed by atoms with Crippen LogP contribution in [0.2, 0.25) is 0 Å². The highest BCUT2D eigenvalue weighted by molar-refractivity contribution is 6.43. The predicted octanol–water partition coefficient (Wildman–Crippen LogP) is 1.55. The van der Waals surface area contributed by atoms with Crippen molar-refractivity contribution in [2.45, 2.75) is 6.92 Å². The lowest BCUT2D eigenvalue weighted by Gasteiger charge is -2.11. The van der Waals surface area contributed by atoms with Gasteiger partial charge in [0, 0.05) is 7.11 Å². The Morgan fingerprint density at radius 1 is 1.47 bits per heavy atom. The van der Waals surface area contributed by atoms with Crippen molar-refractivity contribution in [1.82, 2.24) is 0 Å². The van der Waals surface area contributed by atoms with E-state index in [0.29, 0.717) is 0 Å². The van der Waals surface area contributed by atoms with Gasteiger partial charge in [0.05, 0.1) is 12.2 Å². The first kappa shape index (κ1) is 14.9. The molecule has 1 rings (SSSR count). The van der Waals surface area contributed by atoms with Crippen molar-refractivity contribution in [3.63, 3.8) is 0 Å². The summed E-state index contributed by atoms with van der Waals surface area (Å²) >= 11 is 0. The Morgan fingerprint density at radius 3 is 2.79 bits per heavy atom. The number of methoxy groups -OCH3 is 1. The number of carbonyl (C=O) groups is 1. The minimum Gasteiger partial charge on any atom is -0.467 e. The molecule has 19 heavy (non-hydrogen) atoms. The zero-order valence-electron chi connectivity index (χ0n) is 10.6. The molecule has 0 bridgehead atoms. The summed E-state index contributed by atoms with van der Waals surface area (Å²) in [4.78, 5) is 11.6. The van der Waals surface area contributed by atoms with Crippen LogP contribution in [0.4, 0.5) is 4.39 Å². The summed E-state index contributed by atoms with van der Waals surface area (Å²) < 4.78 is 27.8. The second-order valence-electron chi connectivity index (χ2n) is 3.36. The van der Waals surface area contributed by atoms with Gasteiger partial charge < -0.3 is 19.4 Å². The molecule has 0 atom stereocenters. The van der Waals surface area contributed by atoms with E-state index in [0.717, 1.165) is 12.1 Å². The molecule has 0 amide bonds. The monoisotopic (exact) mass is 271 g/mol. The van der Waals surface area contributed by atoms with Gasteiger partial charge in [0.1, 0.15) is 11.6 Å². The van der Waals surface area contributed by atoms with Crippen LogP contribution in [0.15, 0.2) is 23.4 Å². The van der Waals surface area contributed by atoms with Crippen LogP contribution in [0.1, 0.15) is 12.5 Å². The summed E-state index contributed by atoms with van der Waals surface area (Å²) in [7, 11) is 1.41. The van der Waals surface area contributed by atoms with Crippen molar-refractivity contribution in [2.24, 2.45) is 5.16 Å². The van der Waals surface area contributed by atoms with Gasteiger partial charge in [0.25, 0.3) is 0 Å². The van der Waals surface area contributed by atoms with Gasteiger partial charge in [0.2, 0.25) is 0 Å². The van der Waals surface area contributed by atoms with E-state index in [1.807, 2.05) is 0 Å². The number of nitrogens with zero attached hydrogens (tertiary/aromatic N) is 1. The van der Waals surface area contributed by atoms with Crippen molar-refractivity contribution >= 4 is 11.7 Å². The average Bonchev–Trinajstić information content (AvgIpc) is 2.39. The first-order chi connectivity index (χ1) is 9.13. The second kappa shape index (κ2) is 7.32. The van der Waals surface area contributed by atoms with Gasteiger partial charge in [-0.25, -0.2) is 9.18 Å². The normalized spacial score (nSPS) is 11.2. The summed E-state index contributed by atoms with van der Waals surface area (Å²) in [5.74, 6) is -1.34. The Hall–Kier alpha value is -2.15. The molecule has 6 nitrogen and oxygen atoms in total. The summed E-state index contributed by atoms with van der Waals surface area (Å²) in [5, 5.41) is 11.7. The molecular formula is C12H14FNO5. The second-order valence-corrected chi connectivity index (χ2v) is 3.36. The lowest BCUT2D eigenvalue weighted by molar-refractivity contribution is -0.135. The van der Waals surface area contributed by atoms with E-state index < -0.39 is 17.5 Å². The zero-order chi connectivity index (χ0) is 14.3. The molecule has 0 aliphatic carbocycles. The lowest BCUT2D eigenvalue weighted by Crippen LogP contribution is -2.20. The molecule has 7 heteroatoms. The van der Waals surface area contributed by atoms with Gasteiger partial charge in [-0.05, 0) is 25.1 Å². The SMILES string of the molecule is CCOC(=O)/C(=N/O)c1cc(F)ccc1OCOC. The van der Waals surface area contributed by atoms with Crippen LogP contribution in [0.3, 0.4) is 0 Å². The van der Waals surface area contributed by atoms with Crippen LogP contribution in [-0.4, -0.2) is 37.4 Å². The van der Waals surface area contributed by atoms with Crippen LogP contribution in [0.5, 0.6) is 5.75 Å². The van der Waals surface area contributed by atoms with Gasteiger partial charge in [-0.3, -0.25) is 0 Å². The van der Waals surface area contributed by atoms with E-state index in [1.54, 1.807) is 6.92 Å². The fourth-order valence-electron chi connectivity index (χ4n) is 1.34. The number of halogens is 1. The van der Waals surface area contributed by atoms with E-state index in [9.17, 15) is 9.18 Å². The van der Waals surface area contributed by atoms with Crippen LogP contribution < -0.4 is 4.74 Å². The Labute approximate surface area is 109 Å². The third-order valence-corrected chi connectivity index (χ3v) is 2.10. The highest BCUT2D eigenvalue weighted by Gasteiger charge is 2.21. The molecule has 0 saturated carbocycles. The lowest BCUT2D eigenvalue weighted by atomic mass is 10.1. The Bertz CT molecular complexity index is 475. The van der Waals surface area contributed by atoms with E-state index in [1.165, 1.54) is 13.2 Å². The summed E-state index contributed by atoms with van der Waals surface area (Å²) in [6, 6.07) is 3.46. The van der Waals surface area contributed by atoms with Crippen molar-refractivity contribution in [2.75, 3.05) is 20.5 Å². The van der Waals surface area contributed by atoms with Crippen molar-refractivity contribution < 1.29 is 28.6 Å². The van der Waals surface area contributed by atoms with Gasteiger partial charge in [-0.2, -0.15) is 0 Å². The minimum absolute atomic E-state index is 0.0157. The maximum atomic E-state index is 13.2. The predicted molar refractivity (Wildman–Crippen MR) is 63.9 cm³/mol. The molecule has 0 saturated heterocycles. The molecule has 104 valence electrons. The van der Waals surface area contributed by atoms with Crippen molar-refractivity contribution in [1.29, 1.82) is 0 Å². The van der Waals surface area contributed by atoms with Crippen LogP contribution >= 0.6 is 0 Å². The third-order valence-electron chi connectivity index (χ3n) is 2.10. The number of carbonyl (C=O) groups excluding carboxylic acids is 1. The van der Waals surface area contributed by atoms with Gasteiger partial charge in [-0.1, -0.05) is 5.16 Å². The van der Waals surface area contributed by atoms with Crippen LogP contribution in [0.25, 0.3) is 0 Å². The standard InChI is InChI=1S/C12H14FNO5/c1-3-18-12(15)11(14-16)9-6-8(13)4-5-10(9)19-7-17-2/h4-6,16H,3,7H2,1-2H3/b14-11+. The molecule has 1 aromatic rings. The number of oxime groups is 1. The number of benzene rings is 1. The third kappa shape index (κ3) is 3.92. The topological polar surface area (TPSA) is 77.4 Å². The fourth-order valence-corrected chi connectivity index (χ4v) is 1.34. The van der Waals surface area contributed by atoms with E-state index in [2.05, 4.69) is 5.16 Å². The molecule has 0 fully saturated rings. The molecular weight excluding hydrogens is 257 g/mol. The molecule has 0 unspecified atom stereocenters. The summed E-state index contributed by atoms with van der Waals surface area (Å²) in [6.07, 6.45) is 0. The smallest absolute Gasteiger partial charge is 0.361 e. The first-order valence-electron chi connectivity index (χ1n) is 5.44. The molecule has 0 spiro atoms. The molecule has 0 radical (unpaired) electrons. The quantitative estimate of drug-likeness (QED) is 0.279. The highest BCUT2D eigenvalue weighted by atomic mass is 19.1. The molecule has 1 N–H and O–H groups in total. The largest absolute Gasteiger partial charge is 0.467 e. The van der Waals surface area contributed by atoms with Crippen molar-refractivity contribution in [3.8, 4) is 5.75 Å². The average molecular weight is 271 g/mol. The van der Waals surface area contributed by atoms with E-state index in [4.69, 9.17) is 19.4 Å². The molecule has 1 aromatic carbocycles. The van der Waals surface area contributed by atoms with Gasteiger partial charge >= 0.3 is 5.97 Å². The van der Waals surface area contributed by atoms with E-state index in [-0.39, 0.29) is 24.7 Å². The Balaban J connectivity index is 3.14. The molecule has 0 heterocycles. The highest BCUT2D eigenvalue weighted by Crippen LogP contribution is 2.21.